The van der Waals surface area contributed by atoms with E-state index in [1.807, 2.05) is 72.8 Å². The number of fused-ring (bicyclic) bond motifs is 1. The summed E-state index contributed by atoms with van der Waals surface area (Å²) in [6, 6.07) is 26.0. The van der Waals surface area contributed by atoms with Crippen molar-refractivity contribution in [1.29, 1.82) is 0 Å². The lowest BCUT2D eigenvalue weighted by Gasteiger charge is -2.30. The molecule has 44 heavy (non-hydrogen) atoms. The summed E-state index contributed by atoms with van der Waals surface area (Å²) >= 11 is 12.3. The molecule has 1 fully saturated rings. The van der Waals surface area contributed by atoms with Gasteiger partial charge in [-0.3, -0.25) is 19.3 Å². The highest BCUT2D eigenvalue weighted by atomic mass is 35.5. The molecule has 0 unspecified atom stereocenters. The summed E-state index contributed by atoms with van der Waals surface area (Å²) in [6.07, 6.45) is 5.40. The number of benzene rings is 4. The number of hydrogen-bond donors (Lipinski definition) is 0. The summed E-state index contributed by atoms with van der Waals surface area (Å²) in [7, 11) is 0. The topological polar surface area (TPSA) is 70.1 Å². The van der Waals surface area contributed by atoms with Gasteiger partial charge in [-0.25, -0.2) is 5.01 Å². The van der Waals surface area contributed by atoms with Crippen LogP contribution in [0.2, 0.25) is 10.0 Å². The van der Waals surface area contributed by atoms with E-state index in [1.165, 1.54) is 4.90 Å². The van der Waals surface area contributed by atoms with Crippen LogP contribution < -0.4 is 0 Å². The maximum Gasteiger partial charge on any atom is 0.261 e. The molecule has 0 aromatic heterocycles. The van der Waals surface area contributed by atoms with Crippen molar-refractivity contribution in [2.24, 2.45) is 11.0 Å². The molecule has 0 radical (unpaired) electrons. The average molecular weight is 623 g/mol. The first kappa shape index (κ1) is 28.5. The summed E-state index contributed by atoms with van der Waals surface area (Å²) in [5, 5.41) is 9.46. The van der Waals surface area contributed by atoms with Gasteiger partial charge >= 0.3 is 0 Å². The van der Waals surface area contributed by atoms with Gasteiger partial charge < -0.3 is 0 Å². The minimum absolute atomic E-state index is 0.0506. The number of rotatable bonds is 6. The number of allylic oxidation sites excluding steroid dienone is 1. The normalized spacial score (nSPS) is 20.3. The minimum Gasteiger partial charge on any atom is -0.274 e. The van der Waals surface area contributed by atoms with Crippen molar-refractivity contribution in [3.05, 3.63) is 123 Å². The highest BCUT2D eigenvalue weighted by molar-refractivity contribution is 6.31. The maximum absolute atomic E-state index is 13.9. The van der Waals surface area contributed by atoms with Crippen LogP contribution in [0.25, 0.3) is 16.8 Å². The van der Waals surface area contributed by atoms with Gasteiger partial charge in [0, 0.05) is 45.4 Å². The molecule has 3 amide bonds. The molecule has 6 nitrogen and oxygen atoms in total. The van der Waals surface area contributed by atoms with Crippen molar-refractivity contribution in [1.82, 2.24) is 9.91 Å². The van der Waals surface area contributed by atoms with Crippen molar-refractivity contribution in [2.75, 3.05) is 6.54 Å². The molecular formula is C36H29Cl2N3O3. The van der Waals surface area contributed by atoms with Gasteiger partial charge in [0.1, 0.15) is 0 Å². The standard InChI is InChI=1S/C36H29Cl2N3O3/c37-26-16-12-22(13-17-26)21-25-7-3-10-30-33(25)39-41(34(30)24-14-18-27(38)19-15-24)31(42)11-4-20-40-35(43)28-8-1-5-23-6-2-9-29(32(23)28)36(40)44/h1-2,5-6,8-9,12-19,21,30,34H,3-4,7,10-11,20H2/b25-21-/t30-,34+/m0/s1. The molecular weight excluding hydrogens is 593 g/mol. The Bertz CT molecular complexity index is 1810. The van der Waals surface area contributed by atoms with Crippen molar-refractivity contribution in [2.45, 2.75) is 38.1 Å². The van der Waals surface area contributed by atoms with E-state index in [4.69, 9.17) is 28.3 Å². The number of carbonyl (C=O) groups is 3. The summed E-state index contributed by atoms with van der Waals surface area (Å²) in [6.45, 7) is 0.148. The van der Waals surface area contributed by atoms with Gasteiger partial charge in [-0.15, -0.1) is 0 Å². The van der Waals surface area contributed by atoms with Crippen LogP contribution in [-0.2, 0) is 4.79 Å². The third-order valence-corrected chi connectivity index (χ3v) is 9.31. The molecule has 4 aromatic carbocycles. The van der Waals surface area contributed by atoms with Gasteiger partial charge in [-0.05, 0) is 90.2 Å². The van der Waals surface area contributed by atoms with Crippen LogP contribution in [0, 0.1) is 5.92 Å². The number of imide groups is 1. The Morgan fingerprint density at radius 2 is 1.50 bits per heavy atom. The summed E-state index contributed by atoms with van der Waals surface area (Å²) in [4.78, 5) is 41.8. The zero-order valence-corrected chi connectivity index (χ0v) is 25.4. The first-order valence-electron chi connectivity index (χ1n) is 14.9. The molecule has 220 valence electrons. The van der Waals surface area contributed by atoms with E-state index >= 15 is 0 Å². The fourth-order valence-electron chi connectivity index (χ4n) is 6.75. The molecule has 0 bridgehead atoms. The molecule has 0 N–H and O–H groups in total. The molecule has 1 aliphatic carbocycles. The number of hydrogen-bond acceptors (Lipinski definition) is 4. The van der Waals surface area contributed by atoms with E-state index < -0.39 is 0 Å². The Morgan fingerprint density at radius 3 is 2.16 bits per heavy atom. The average Bonchev–Trinajstić information content (AvgIpc) is 3.43. The van der Waals surface area contributed by atoms with Crippen LogP contribution in [0.3, 0.4) is 0 Å². The monoisotopic (exact) mass is 621 g/mol. The SMILES string of the molecule is O=C1c2cccc3cccc(c23)C(=O)N1CCCC(=O)N1N=C2/C(=C\c3ccc(Cl)cc3)CCC[C@@H]2[C@H]1c1ccc(Cl)cc1. The van der Waals surface area contributed by atoms with E-state index in [9.17, 15) is 14.4 Å². The predicted molar refractivity (Wildman–Crippen MR) is 174 cm³/mol. The van der Waals surface area contributed by atoms with Gasteiger partial charge in [-0.1, -0.05) is 71.7 Å². The van der Waals surface area contributed by atoms with Crippen molar-refractivity contribution < 1.29 is 14.4 Å². The van der Waals surface area contributed by atoms with Gasteiger partial charge in [0.2, 0.25) is 5.91 Å². The van der Waals surface area contributed by atoms with E-state index in [-0.39, 0.29) is 42.6 Å². The van der Waals surface area contributed by atoms with Crippen LogP contribution in [0.5, 0.6) is 0 Å². The number of carbonyl (C=O) groups excluding carboxylic acids is 3. The van der Waals surface area contributed by atoms with Gasteiger partial charge in [0.05, 0.1) is 11.8 Å². The highest BCUT2D eigenvalue weighted by Gasteiger charge is 2.43. The van der Waals surface area contributed by atoms with Crippen LogP contribution >= 0.6 is 23.2 Å². The first-order valence-corrected chi connectivity index (χ1v) is 15.6. The molecule has 8 heteroatoms. The summed E-state index contributed by atoms with van der Waals surface area (Å²) in [5.74, 6) is -0.739. The third-order valence-electron chi connectivity index (χ3n) is 8.81. The zero-order chi connectivity index (χ0) is 30.4. The second-order valence-corrected chi connectivity index (χ2v) is 12.4. The van der Waals surface area contributed by atoms with E-state index in [0.29, 0.717) is 33.0 Å². The summed E-state index contributed by atoms with van der Waals surface area (Å²) < 4.78 is 0. The fourth-order valence-corrected chi connectivity index (χ4v) is 7.00. The Hall–Kier alpha value is -4.26. The minimum atomic E-state index is -0.324. The predicted octanol–water partition coefficient (Wildman–Crippen LogP) is 8.35. The molecule has 0 spiro atoms. The number of halogens is 2. The molecule has 3 aliphatic rings. The number of nitrogens with zero attached hydrogens (tertiary/aromatic N) is 3. The van der Waals surface area contributed by atoms with Gasteiger partial charge in [-0.2, -0.15) is 5.10 Å². The molecule has 1 saturated carbocycles. The van der Waals surface area contributed by atoms with Crippen LogP contribution in [-0.4, -0.2) is 39.9 Å². The third kappa shape index (κ3) is 5.12. The maximum atomic E-state index is 13.9. The smallest absolute Gasteiger partial charge is 0.261 e. The molecule has 2 aliphatic heterocycles. The van der Waals surface area contributed by atoms with Crippen LogP contribution in [0.1, 0.15) is 70.0 Å². The Labute approximate surface area is 265 Å². The molecule has 4 aromatic rings. The van der Waals surface area contributed by atoms with Crippen LogP contribution in [0.4, 0.5) is 0 Å². The van der Waals surface area contributed by atoms with Gasteiger partial charge in [0.25, 0.3) is 11.8 Å². The van der Waals surface area contributed by atoms with Crippen molar-refractivity contribution in [3.63, 3.8) is 0 Å². The number of amides is 3. The lowest BCUT2D eigenvalue weighted by atomic mass is 9.77. The lowest BCUT2D eigenvalue weighted by molar-refractivity contribution is -0.133. The fraction of sp³-hybridized carbons (Fsp3) is 0.222. The van der Waals surface area contributed by atoms with E-state index in [0.717, 1.165) is 47.1 Å². The quantitative estimate of drug-likeness (QED) is 0.203. The van der Waals surface area contributed by atoms with Crippen LogP contribution in [0.15, 0.2) is 95.6 Å². The Kier molecular flexibility index (Phi) is 7.57. The summed E-state index contributed by atoms with van der Waals surface area (Å²) in [5.41, 5.74) is 5.10. The zero-order valence-electron chi connectivity index (χ0n) is 23.9. The van der Waals surface area contributed by atoms with Crippen molar-refractivity contribution >= 4 is 63.5 Å². The largest absolute Gasteiger partial charge is 0.274 e. The lowest BCUT2D eigenvalue weighted by Crippen LogP contribution is -2.41. The highest BCUT2D eigenvalue weighted by Crippen LogP contribution is 2.45. The second-order valence-electron chi connectivity index (χ2n) is 11.5. The Morgan fingerprint density at radius 1 is 0.864 bits per heavy atom. The molecule has 7 rings (SSSR count). The first-order chi connectivity index (χ1) is 21.4. The van der Waals surface area contributed by atoms with E-state index in [1.54, 1.807) is 17.1 Å². The second kappa shape index (κ2) is 11.7. The number of hydrazone groups is 1. The molecule has 2 heterocycles. The molecule has 0 saturated heterocycles. The van der Waals surface area contributed by atoms with E-state index in [2.05, 4.69) is 6.08 Å². The van der Waals surface area contributed by atoms with Crippen molar-refractivity contribution in [3.8, 4) is 0 Å². The molecule has 2 atom stereocenters. The van der Waals surface area contributed by atoms with Gasteiger partial charge in [0.15, 0.2) is 0 Å². The Balaban J connectivity index is 1.13.